The molecule has 0 radical (unpaired) electrons. The van der Waals surface area contributed by atoms with Crippen LogP contribution in [0.5, 0.6) is 0 Å². The SMILES string of the molecule is C=C1CCc2cc(B3CC(C)(C)C(C)(C)C3)cc(C(F)(F)F)c2N1C(CC)CC. The van der Waals surface area contributed by atoms with Crippen LogP contribution in [0.25, 0.3) is 0 Å². The van der Waals surface area contributed by atoms with Crippen LogP contribution < -0.4 is 10.4 Å². The van der Waals surface area contributed by atoms with E-state index in [9.17, 15) is 13.2 Å². The molecule has 1 aromatic carbocycles. The molecular formula is C24H35BF3N. The van der Waals surface area contributed by atoms with Crippen molar-refractivity contribution >= 4 is 17.9 Å². The van der Waals surface area contributed by atoms with Gasteiger partial charge < -0.3 is 4.90 Å². The summed E-state index contributed by atoms with van der Waals surface area (Å²) < 4.78 is 42.8. The summed E-state index contributed by atoms with van der Waals surface area (Å²) in [4.78, 5) is 1.90. The van der Waals surface area contributed by atoms with Gasteiger partial charge in [-0.1, -0.05) is 78.4 Å². The number of fused-ring (bicyclic) bond motifs is 1. The highest BCUT2D eigenvalue weighted by Crippen LogP contribution is 2.53. The molecule has 1 saturated heterocycles. The van der Waals surface area contributed by atoms with E-state index in [-0.39, 0.29) is 23.6 Å². The van der Waals surface area contributed by atoms with Crippen LogP contribution in [0.2, 0.25) is 12.6 Å². The van der Waals surface area contributed by atoms with Crippen molar-refractivity contribution in [3.8, 4) is 0 Å². The van der Waals surface area contributed by atoms with E-state index >= 15 is 0 Å². The number of aryl methyl sites for hydroxylation is 1. The van der Waals surface area contributed by atoms with Crippen molar-refractivity contribution in [3.05, 3.63) is 35.5 Å². The first-order valence-corrected chi connectivity index (χ1v) is 11.0. The van der Waals surface area contributed by atoms with Crippen molar-refractivity contribution in [3.63, 3.8) is 0 Å². The Morgan fingerprint density at radius 2 is 1.59 bits per heavy atom. The fraction of sp³-hybridized carbons (Fsp3) is 0.667. The van der Waals surface area contributed by atoms with E-state index in [1.54, 1.807) is 0 Å². The topological polar surface area (TPSA) is 3.24 Å². The van der Waals surface area contributed by atoms with Crippen LogP contribution in [0.1, 0.15) is 71.9 Å². The summed E-state index contributed by atoms with van der Waals surface area (Å²) in [5.74, 6) is 0. The van der Waals surface area contributed by atoms with Crippen LogP contribution in [0.4, 0.5) is 18.9 Å². The highest BCUT2D eigenvalue weighted by atomic mass is 19.4. The van der Waals surface area contributed by atoms with Crippen molar-refractivity contribution in [1.29, 1.82) is 0 Å². The normalized spacial score (nSPS) is 21.1. The first-order valence-electron chi connectivity index (χ1n) is 11.0. The van der Waals surface area contributed by atoms with Crippen molar-refractivity contribution in [2.24, 2.45) is 10.8 Å². The monoisotopic (exact) mass is 405 g/mol. The van der Waals surface area contributed by atoms with Crippen molar-refractivity contribution in [2.75, 3.05) is 4.90 Å². The third kappa shape index (κ3) is 3.86. The predicted octanol–water partition coefficient (Wildman–Crippen LogP) is 6.93. The molecule has 2 aliphatic rings. The maximum atomic E-state index is 14.3. The molecule has 1 fully saturated rings. The molecule has 1 aromatic rings. The molecule has 5 heteroatoms. The van der Waals surface area contributed by atoms with Gasteiger partial charge in [0, 0.05) is 11.7 Å². The van der Waals surface area contributed by atoms with Gasteiger partial charge in [0.1, 0.15) is 0 Å². The van der Waals surface area contributed by atoms with Gasteiger partial charge in [-0.3, -0.25) is 0 Å². The minimum absolute atomic E-state index is 0.0536. The average molecular weight is 405 g/mol. The van der Waals surface area contributed by atoms with Gasteiger partial charge in [0.15, 0.2) is 6.71 Å². The Bertz CT molecular complexity index is 774. The van der Waals surface area contributed by atoms with Crippen molar-refractivity contribution in [2.45, 2.75) is 92.1 Å². The van der Waals surface area contributed by atoms with E-state index in [0.29, 0.717) is 12.1 Å². The number of halogens is 3. The molecule has 0 saturated carbocycles. The third-order valence-electron chi connectivity index (χ3n) is 7.91. The van der Waals surface area contributed by atoms with Gasteiger partial charge in [0.05, 0.1) is 11.3 Å². The summed E-state index contributed by atoms with van der Waals surface area (Å²) in [5, 5.41) is 0. The minimum Gasteiger partial charge on any atom is -0.342 e. The summed E-state index contributed by atoms with van der Waals surface area (Å²) >= 11 is 0. The minimum atomic E-state index is -4.37. The molecule has 0 spiro atoms. The van der Waals surface area contributed by atoms with Crippen LogP contribution in [0.3, 0.4) is 0 Å². The number of hydrogen-bond donors (Lipinski definition) is 0. The second-order valence-corrected chi connectivity index (χ2v) is 10.4. The van der Waals surface area contributed by atoms with Gasteiger partial charge >= 0.3 is 6.18 Å². The zero-order valence-electron chi connectivity index (χ0n) is 18.8. The Morgan fingerprint density at radius 3 is 2.07 bits per heavy atom. The molecule has 0 bridgehead atoms. The Balaban J connectivity index is 2.15. The number of rotatable bonds is 4. The van der Waals surface area contributed by atoms with Gasteiger partial charge in [-0.15, -0.1) is 0 Å². The van der Waals surface area contributed by atoms with Gasteiger partial charge in [-0.05, 0) is 42.1 Å². The predicted molar refractivity (Wildman–Crippen MR) is 118 cm³/mol. The highest BCUT2D eigenvalue weighted by molar-refractivity contribution is 6.74. The van der Waals surface area contributed by atoms with Crippen LogP contribution in [-0.2, 0) is 12.6 Å². The Labute approximate surface area is 174 Å². The van der Waals surface area contributed by atoms with Gasteiger partial charge in [0.2, 0.25) is 0 Å². The summed E-state index contributed by atoms with van der Waals surface area (Å²) in [6, 6.07) is 3.58. The van der Waals surface area contributed by atoms with E-state index in [4.69, 9.17) is 0 Å². The van der Waals surface area contributed by atoms with Crippen molar-refractivity contribution < 1.29 is 13.2 Å². The second kappa shape index (κ2) is 7.39. The molecular weight excluding hydrogens is 370 g/mol. The van der Waals surface area contributed by atoms with E-state index in [1.165, 1.54) is 6.07 Å². The van der Waals surface area contributed by atoms with E-state index < -0.39 is 11.7 Å². The lowest BCUT2D eigenvalue weighted by atomic mass is 9.42. The standard InChI is InChI=1S/C24H35BF3N/c1-8-19(9-2)29-16(3)10-11-17-12-18(13-20(21(17)29)24(26,27)28)25-14-22(4,5)23(6,7)15-25/h12-13,19H,3,8-11,14-15H2,1-2,4-7H3. The maximum absolute atomic E-state index is 14.3. The molecule has 160 valence electrons. The van der Waals surface area contributed by atoms with Gasteiger partial charge in [-0.25, -0.2) is 0 Å². The summed E-state index contributed by atoms with van der Waals surface area (Å²) in [6.07, 6.45) is 0.467. The number of nitrogens with zero attached hydrogens (tertiary/aromatic N) is 1. The molecule has 0 amide bonds. The number of allylic oxidation sites excluding steroid dienone is 1. The summed E-state index contributed by atoms with van der Waals surface area (Å²) in [6.45, 7) is 17.4. The smallest absolute Gasteiger partial charge is 0.342 e. The zero-order chi connectivity index (χ0) is 21.8. The molecule has 0 aliphatic carbocycles. The lowest BCUT2D eigenvalue weighted by Crippen LogP contribution is -2.40. The van der Waals surface area contributed by atoms with Crippen LogP contribution in [0, 0.1) is 10.8 Å². The quantitative estimate of drug-likeness (QED) is 0.491. The van der Waals surface area contributed by atoms with Gasteiger partial charge in [-0.2, -0.15) is 13.2 Å². The van der Waals surface area contributed by atoms with Gasteiger partial charge in [0.25, 0.3) is 0 Å². The van der Waals surface area contributed by atoms with E-state index in [1.807, 2.05) is 18.7 Å². The maximum Gasteiger partial charge on any atom is 0.418 e. The molecule has 3 rings (SSSR count). The molecule has 0 atom stereocenters. The molecule has 1 nitrogen and oxygen atoms in total. The van der Waals surface area contributed by atoms with E-state index in [0.717, 1.165) is 48.6 Å². The third-order valence-corrected chi connectivity index (χ3v) is 7.91. The second-order valence-electron chi connectivity index (χ2n) is 10.4. The molecule has 0 aromatic heterocycles. The lowest BCUT2D eigenvalue weighted by Gasteiger charge is -2.41. The first-order chi connectivity index (χ1) is 13.3. The molecule has 0 N–H and O–H groups in total. The lowest BCUT2D eigenvalue weighted by molar-refractivity contribution is -0.137. The molecule has 2 heterocycles. The molecule has 0 unspecified atom stereocenters. The highest BCUT2D eigenvalue weighted by Gasteiger charge is 2.49. The Morgan fingerprint density at radius 1 is 1.03 bits per heavy atom. The average Bonchev–Trinajstić information content (AvgIpc) is 2.83. The molecule has 2 aliphatic heterocycles. The fourth-order valence-corrected chi connectivity index (χ4v) is 5.39. The Kier molecular flexibility index (Phi) is 5.68. The molecule has 29 heavy (non-hydrogen) atoms. The first kappa shape index (κ1) is 22.3. The number of alkyl halides is 3. The van der Waals surface area contributed by atoms with Crippen LogP contribution in [-0.4, -0.2) is 12.8 Å². The number of hydrogen-bond acceptors (Lipinski definition) is 1. The van der Waals surface area contributed by atoms with Crippen molar-refractivity contribution in [1.82, 2.24) is 0 Å². The zero-order valence-corrected chi connectivity index (χ0v) is 18.8. The summed E-state index contributed by atoms with van der Waals surface area (Å²) in [7, 11) is 0. The van der Waals surface area contributed by atoms with E-state index in [2.05, 4.69) is 40.3 Å². The largest absolute Gasteiger partial charge is 0.418 e. The number of anilines is 1. The number of benzene rings is 1. The fourth-order valence-electron chi connectivity index (χ4n) is 5.39. The van der Waals surface area contributed by atoms with Crippen LogP contribution >= 0.6 is 0 Å². The van der Waals surface area contributed by atoms with Crippen LogP contribution in [0.15, 0.2) is 24.4 Å². The Hall–Kier alpha value is -1.39. The summed E-state index contributed by atoms with van der Waals surface area (Å²) in [5.41, 5.74) is 2.64.